The van der Waals surface area contributed by atoms with E-state index in [1.54, 1.807) is 12.1 Å². The minimum Gasteiger partial charge on any atom is -0.367 e. The Bertz CT molecular complexity index is 502. The van der Waals surface area contributed by atoms with Gasteiger partial charge in [-0.05, 0) is 37.5 Å². The van der Waals surface area contributed by atoms with Gasteiger partial charge in [0, 0.05) is 12.6 Å². The molecule has 1 aromatic rings. The summed E-state index contributed by atoms with van der Waals surface area (Å²) in [6, 6.07) is 6.84. The van der Waals surface area contributed by atoms with E-state index in [1.807, 2.05) is 11.8 Å². The number of carbonyl (C=O) groups excluding carboxylic acids is 1. The molecule has 0 bridgehead atoms. The van der Waals surface area contributed by atoms with Crippen molar-refractivity contribution in [2.45, 2.75) is 38.0 Å². The van der Waals surface area contributed by atoms with E-state index in [2.05, 4.69) is 5.32 Å². The predicted molar refractivity (Wildman–Crippen MR) is 77.3 cm³/mol. The number of nitrogens with zero attached hydrogens (tertiary/aromatic N) is 1. The Labute approximate surface area is 124 Å². The maximum Gasteiger partial charge on any atom is 0.236 e. The van der Waals surface area contributed by atoms with Crippen LogP contribution in [0.4, 0.5) is 4.39 Å². The van der Waals surface area contributed by atoms with Crippen LogP contribution in [0.15, 0.2) is 24.3 Å². The van der Waals surface area contributed by atoms with Crippen LogP contribution in [0.25, 0.3) is 0 Å². The number of ether oxygens (including phenoxy) is 1. The molecule has 1 aromatic carbocycles. The minimum absolute atomic E-state index is 0.0151. The lowest BCUT2D eigenvalue weighted by Gasteiger charge is -2.37. The Hall–Kier alpha value is -1.46. The number of rotatable bonds is 4. The standard InChI is InChI=1S/C16H21FN2O2/c1-11-9-19(16(20)8-18-14-6-7-14)10-15(21-11)12-2-4-13(17)5-3-12/h2-5,11,14-15,18H,6-10H2,1H3/t11-,15+/m0/s1. The first-order chi connectivity index (χ1) is 10.1. The highest BCUT2D eigenvalue weighted by molar-refractivity contribution is 5.78. The highest BCUT2D eigenvalue weighted by Gasteiger charge is 2.30. The highest BCUT2D eigenvalue weighted by atomic mass is 19.1. The molecule has 2 fully saturated rings. The molecule has 1 amide bonds. The second kappa shape index (κ2) is 6.12. The maximum atomic E-state index is 13.0. The van der Waals surface area contributed by atoms with Gasteiger partial charge in [-0.3, -0.25) is 4.79 Å². The van der Waals surface area contributed by atoms with E-state index in [1.165, 1.54) is 25.0 Å². The Morgan fingerprint density at radius 1 is 1.33 bits per heavy atom. The molecule has 5 heteroatoms. The van der Waals surface area contributed by atoms with Gasteiger partial charge in [-0.1, -0.05) is 12.1 Å². The summed E-state index contributed by atoms with van der Waals surface area (Å²) in [5.74, 6) is -0.145. The lowest BCUT2D eigenvalue weighted by Crippen LogP contribution is -2.48. The minimum atomic E-state index is -0.260. The Kier molecular flexibility index (Phi) is 4.22. The van der Waals surface area contributed by atoms with Crippen LogP contribution in [0, 0.1) is 5.82 Å². The van der Waals surface area contributed by atoms with Gasteiger partial charge in [0.25, 0.3) is 0 Å². The molecule has 4 nitrogen and oxygen atoms in total. The van der Waals surface area contributed by atoms with Gasteiger partial charge in [0.2, 0.25) is 5.91 Å². The summed E-state index contributed by atoms with van der Waals surface area (Å²) in [6.07, 6.45) is 2.15. The monoisotopic (exact) mass is 292 g/mol. The zero-order valence-corrected chi connectivity index (χ0v) is 12.2. The van der Waals surface area contributed by atoms with E-state index < -0.39 is 0 Å². The Morgan fingerprint density at radius 3 is 2.71 bits per heavy atom. The molecule has 2 atom stereocenters. The number of benzene rings is 1. The molecule has 1 N–H and O–H groups in total. The molecule has 0 unspecified atom stereocenters. The van der Waals surface area contributed by atoms with Crippen LogP contribution in [0.3, 0.4) is 0 Å². The van der Waals surface area contributed by atoms with E-state index in [0.717, 1.165) is 5.56 Å². The third-order valence-corrected chi connectivity index (χ3v) is 3.97. The molecule has 0 aromatic heterocycles. The number of hydrogen-bond acceptors (Lipinski definition) is 3. The largest absolute Gasteiger partial charge is 0.367 e. The van der Waals surface area contributed by atoms with Gasteiger partial charge < -0.3 is 15.0 Å². The molecule has 3 rings (SSSR count). The molecule has 21 heavy (non-hydrogen) atoms. The van der Waals surface area contributed by atoms with Gasteiger partial charge in [0.1, 0.15) is 11.9 Å². The van der Waals surface area contributed by atoms with E-state index in [-0.39, 0.29) is 23.9 Å². The molecule has 114 valence electrons. The van der Waals surface area contributed by atoms with Crippen molar-refractivity contribution in [3.63, 3.8) is 0 Å². The Morgan fingerprint density at radius 2 is 2.05 bits per heavy atom. The van der Waals surface area contributed by atoms with Crippen LogP contribution >= 0.6 is 0 Å². The van der Waals surface area contributed by atoms with Crippen LogP contribution in [0.5, 0.6) is 0 Å². The van der Waals surface area contributed by atoms with Crippen molar-refractivity contribution in [3.05, 3.63) is 35.6 Å². The smallest absolute Gasteiger partial charge is 0.236 e. The van der Waals surface area contributed by atoms with Crippen LogP contribution in [0.1, 0.15) is 31.4 Å². The number of hydrogen-bond donors (Lipinski definition) is 1. The van der Waals surface area contributed by atoms with Crippen LogP contribution < -0.4 is 5.32 Å². The lowest BCUT2D eigenvalue weighted by molar-refractivity contribution is -0.144. The van der Waals surface area contributed by atoms with Crippen molar-refractivity contribution in [2.24, 2.45) is 0 Å². The van der Waals surface area contributed by atoms with Crippen LogP contribution in [0.2, 0.25) is 0 Å². The first-order valence-corrected chi connectivity index (χ1v) is 7.54. The van der Waals surface area contributed by atoms with E-state index >= 15 is 0 Å². The predicted octanol–water partition coefficient (Wildman–Crippen LogP) is 1.87. The first kappa shape index (κ1) is 14.5. The molecule has 1 aliphatic carbocycles. The van der Waals surface area contributed by atoms with Crippen LogP contribution in [-0.4, -0.2) is 42.6 Å². The van der Waals surface area contributed by atoms with Crippen molar-refractivity contribution < 1.29 is 13.9 Å². The number of halogens is 1. The third kappa shape index (κ3) is 3.80. The summed E-state index contributed by atoms with van der Waals surface area (Å²) in [6.45, 7) is 3.50. The number of morpholine rings is 1. The van der Waals surface area contributed by atoms with Crippen molar-refractivity contribution in [2.75, 3.05) is 19.6 Å². The van der Waals surface area contributed by atoms with E-state index in [4.69, 9.17) is 4.74 Å². The molecule has 1 heterocycles. The van der Waals surface area contributed by atoms with Crippen molar-refractivity contribution in [3.8, 4) is 0 Å². The van der Waals surface area contributed by atoms with E-state index in [9.17, 15) is 9.18 Å². The number of amides is 1. The van der Waals surface area contributed by atoms with Crippen molar-refractivity contribution in [1.29, 1.82) is 0 Å². The molecule has 2 aliphatic rings. The van der Waals surface area contributed by atoms with Gasteiger partial charge in [-0.25, -0.2) is 4.39 Å². The quantitative estimate of drug-likeness (QED) is 0.921. The molecular formula is C16H21FN2O2. The molecule has 1 saturated heterocycles. The summed E-state index contributed by atoms with van der Waals surface area (Å²) in [4.78, 5) is 14.1. The fourth-order valence-corrected chi connectivity index (χ4v) is 2.65. The first-order valence-electron chi connectivity index (χ1n) is 7.54. The number of carbonyl (C=O) groups is 1. The molecular weight excluding hydrogens is 271 g/mol. The third-order valence-electron chi connectivity index (χ3n) is 3.97. The van der Waals surface area contributed by atoms with E-state index in [0.29, 0.717) is 25.7 Å². The second-order valence-electron chi connectivity index (χ2n) is 5.94. The Balaban J connectivity index is 1.62. The average molecular weight is 292 g/mol. The maximum absolute atomic E-state index is 13.0. The average Bonchev–Trinajstić information content (AvgIpc) is 3.29. The summed E-state index contributed by atoms with van der Waals surface area (Å²) in [5.41, 5.74) is 0.913. The summed E-state index contributed by atoms with van der Waals surface area (Å²) in [5, 5.41) is 3.25. The summed E-state index contributed by atoms with van der Waals surface area (Å²) in [7, 11) is 0. The van der Waals surface area contributed by atoms with Crippen molar-refractivity contribution >= 4 is 5.91 Å². The van der Waals surface area contributed by atoms with Gasteiger partial charge in [0.15, 0.2) is 0 Å². The SMILES string of the molecule is C[C@H]1CN(C(=O)CNC2CC2)C[C@H](c2ccc(F)cc2)O1. The van der Waals surface area contributed by atoms with Crippen LogP contribution in [-0.2, 0) is 9.53 Å². The fourth-order valence-electron chi connectivity index (χ4n) is 2.65. The summed E-state index contributed by atoms with van der Waals surface area (Å²) >= 11 is 0. The number of nitrogens with one attached hydrogen (secondary N) is 1. The normalized spacial score (nSPS) is 25.9. The zero-order valence-electron chi connectivity index (χ0n) is 12.2. The zero-order chi connectivity index (χ0) is 14.8. The summed E-state index contributed by atoms with van der Waals surface area (Å²) < 4.78 is 18.9. The molecule has 0 spiro atoms. The van der Waals surface area contributed by atoms with Gasteiger partial charge in [-0.15, -0.1) is 0 Å². The van der Waals surface area contributed by atoms with Gasteiger partial charge in [-0.2, -0.15) is 0 Å². The lowest BCUT2D eigenvalue weighted by atomic mass is 10.1. The van der Waals surface area contributed by atoms with Gasteiger partial charge >= 0.3 is 0 Å². The van der Waals surface area contributed by atoms with Gasteiger partial charge in [0.05, 0.1) is 19.2 Å². The fraction of sp³-hybridized carbons (Fsp3) is 0.562. The topological polar surface area (TPSA) is 41.6 Å². The molecule has 1 saturated carbocycles. The molecule has 1 aliphatic heterocycles. The van der Waals surface area contributed by atoms with Crippen molar-refractivity contribution in [1.82, 2.24) is 10.2 Å². The highest BCUT2D eigenvalue weighted by Crippen LogP contribution is 2.25. The molecule has 0 radical (unpaired) electrons. The second-order valence-corrected chi connectivity index (χ2v) is 5.94.